The second kappa shape index (κ2) is 9.97. The van der Waals surface area contributed by atoms with E-state index >= 15 is 0 Å². The number of rotatable bonds is 7. The van der Waals surface area contributed by atoms with E-state index in [1.165, 1.54) is 25.7 Å². The molecular weight excluding hydrogens is 146 g/mol. The second-order valence-corrected chi connectivity index (χ2v) is 2.81. The Morgan fingerprint density at radius 3 is 2.33 bits per heavy atom. The molecule has 0 rings (SSSR count). The number of hydrogen-bond donors (Lipinski definition) is 0. The molecule has 0 unspecified atom stereocenters. The summed E-state index contributed by atoms with van der Waals surface area (Å²) in [6.45, 7) is 3.67. The lowest BCUT2D eigenvalue weighted by Crippen LogP contribution is -1.76. The largest absolute Gasteiger partial charge is 0.193 e. The minimum atomic E-state index is 1.04. The minimum absolute atomic E-state index is 1.04. The summed E-state index contributed by atoms with van der Waals surface area (Å²) in [5.41, 5.74) is 0. The third kappa shape index (κ3) is 8.97. The van der Waals surface area contributed by atoms with Gasteiger partial charge in [-0.05, 0) is 25.7 Å². The molecule has 0 aliphatic rings. The van der Waals surface area contributed by atoms with Crippen LogP contribution in [-0.2, 0) is 0 Å². The highest BCUT2D eigenvalue weighted by molar-refractivity contribution is 5.01. The highest BCUT2D eigenvalue weighted by atomic mass is 14.2. The molecule has 0 amide bonds. The Balaban J connectivity index is 2.96. The van der Waals surface area contributed by atoms with Crippen molar-refractivity contribution < 1.29 is 0 Å². The average molecular weight is 163 g/mol. The second-order valence-electron chi connectivity index (χ2n) is 2.81. The molecule has 0 spiro atoms. The van der Waals surface area contributed by atoms with E-state index in [1.54, 1.807) is 6.08 Å². The molecule has 0 aliphatic heterocycles. The molecule has 0 aliphatic carbocycles. The van der Waals surface area contributed by atoms with Crippen molar-refractivity contribution in [1.29, 1.82) is 5.26 Å². The Bertz CT molecular complexity index is 162. The number of allylic oxidation sites excluding steroid dienone is 3. The standard InChI is InChI=1S/C11H17N/c1-2-3-4-5-6-7-8-9-10-11-12/h2,9-10H,1,3-8H2. The Kier molecular flexibility index (Phi) is 9.11. The van der Waals surface area contributed by atoms with Crippen LogP contribution in [0.5, 0.6) is 0 Å². The van der Waals surface area contributed by atoms with Crippen molar-refractivity contribution in [3.05, 3.63) is 24.8 Å². The van der Waals surface area contributed by atoms with Gasteiger partial charge < -0.3 is 0 Å². The quantitative estimate of drug-likeness (QED) is 0.319. The molecule has 0 heterocycles. The van der Waals surface area contributed by atoms with Crippen molar-refractivity contribution >= 4 is 0 Å². The summed E-state index contributed by atoms with van der Waals surface area (Å²) in [6.07, 6.45) is 12.7. The van der Waals surface area contributed by atoms with Gasteiger partial charge in [0.25, 0.3) is 0 Å². The topological polar surface area (TPSA) is 23.8 Å². The van der Waals surface area contributed by atoms with Crippen LogP contribution in [0, 0.1) is 11.3 Å². The maximum Gasteiger partial charge on any atom is 0.0908 e. The summed E-state index contributed by atoms with van der Waals surface area (Å²) >= 11 is 0. The SMILES string of the molecule is C=CCCCCCCC=CC#N. The normalized spacial score (nSPS) is 9.92. The summed E-state index contributed by atoms with van der Waals surface area (Å²) in [6, 6.07) is 1.99. The smallest absolute Gasteiger partial charge is 0.0908 e. The molecule has 0 atom stereocenters. The molecule has 66 valence electrons. The molecule has 0 saturated heterocycles. The first-order valence-corrected chi connectivity index (χ1v) is 4.57. The van der Waals surface area contributed by atoms with E-state index in [2.05, 4.69) is 6.58 Å². The van der Waals surface area contributed by atoms with Crippen molar-refractivity contribution in [3.8, 4) is 6.07 Å². The molecule has 0 N–H and O–H groups in total. The van der Waals surface area contributed by atoms with E-state index < -0.39 is 0 Å². The number of nitriles is 1. The van der Waals surface area contributed by atoms with E-state index in [9.17, 15) is 0 Å². The Morgan fingerprint density at radius 1 is 1.08 bits per heavy atom. The number of nitrogens with zero attached hydrogens (tertiary/aromatic N) is 1. The van der Waals surface area contributed by atoms with E-state index in [0.29, 0.717) is 0 Å². The fourth-order valence-electron chi connectivity index (χ4n) is 1.04. The maximum atomic E-state index is 8.19. The van der Waals surface area contributed by atoms with Crippen LogP contribution < -0.4 is 0 Å². The first-order valence-electron chi connectivity index (χ1n) is 4.57. The summed E-state index contributed by atoms with van der Waals surface area (Å²) in [5, 5.41) is 8.19. The third-order valence-corrected chi connectivity index (χ3v) is 1.72. The highest BCUT2D eigenvalue weighted by Gasteiger charge is 1.86. The van der Waals surface area contributed by atoms with Gasteiger partial charge >= 0.3 is 0 Å². The zero-order valence-electron chi connectivity index (χ0n) is 7.63. The Labute approximate surface area is 75.4 Å². The van der Waals surface area contributed by atoms with E-state index in [4.69, 9.17) is 5.26 Å². The molecule has 0 bridgehead atoms. The fraction of sp³-hybridized carbons (Fsp3) is 0.545. The lowest BCUT2D eigenvalue weighted by Gasteiger charge is -1.95. The number of hydrogen-bond acceptors (Lipinski definition) is 1. The van der Waals surface area contributed by atoms with Crippen molar-refractivity contribution in [1.82, 2.24) is 0 Å². The minimum Gasteiger partial charge on any atom is -0.193 e. The van der Waals surface area contributed by atoms with Crippen LogP contribution in [0.25, 0.3) is 0 Å². The van der Waals surface area contributed by atoms with E-state index in [0.717, 1.165) is 12.8 Å². The van der Waals surface area contributed by atoms with Crippen LogP contribution in [0.15, 0.2) is 24.8 Å². The predicted octanol–water partition coefficient (Wildman–Crippen LogP) is 3.59. The molecule has 1 heteroatoms. The third-order valence-electron chi connectivity index (χ3n) is 1.72. The van der Waals surface area contributed by atoms with Gasteiger partial charge in [-0.25, -0.2) is 0 Å². The molecule has 0 aromatic heterocycles. The number of unbranched alkanes of at least 4 members (excludes halogenated alkanes) is 5. The van der Waals surface area contributed by atoms with Crippen molar-refractivity contribution in [2.75, 3.05) is 0 Å². The molecule has 0 fully saturated rings. The predicted molar refractivity (Wildman–Crippen MR) is 52.7 cm³/mol. The lowest BCUT2D eigenvalue weighted by molar-refractivity contribution is 0.652. The summed E-state index contributed by atoms with van der Waals surface area (Å²) in [5.74, 6) is 0. The molecule has 0 aromatic carbocycles. The Hall–Kier alpha value is -1.03. The molecule has 1 nitrogen and oxygen atoms in total. The van der Waals surface area contributed by atoms with Gasteiger partial charge in [0.15, 0.2) is 0 Å². The first kappa shape index (κ1) is 11.0. The molecule has 0 saturated carbocycles. The van der Waals surface area contributed by atoms with Crippen molar-refractivity contribution in [3.63, 3.8) is 0 Å². The van der Waals surface area contributed by atoms with Gasteiger partial charge in [-0.2, -0.15) is 5.26 Å². The van der Waals surface area contributed by atoms with Gasteiger partial charge in [0.1, 0.15) is 0 Å². The molecular formula is C11H17N. The average Bonchev–Trinajstić information content (AvgIpc) is 2.10. The van der Waals surface area contributed by atoms with Gasteiger partial charge in [0, 0.05) is 6.08 Å². The van der Waals surface area contributed by atoms with E-state index in [1.807, 2.05) is 18.2 Å². The van der Waals surface area contributed by atoms with Crippen LogP contribution in [0.2, 0.25) is 0 Å². The van der Waals surface area contributed by atoms with Crippen LogP contribution in [0.1, 0.15) is 38.5 Å². The maximum absolute atomic E-state index is 8.19. The lowest BCUT2D eigenvalue weighted by atomic mass is 10.1. The first-order chi connectivity index (χ1) is 5.91. The monoisotopic (exact) mass is 163 g/mol. The molecule has 12 heavy (non-hydrogen) atoms. The van der Waals surface area contributed by atoms with Crippen LogP contribution >= 0.6 is 0 Å². The summed E-state index contributed by atoms with van der Waals surface area (Å²) in [7, 11) is 0. The fourth-order valence-corrected chi connectivity index (χ4v) is 1.04. The van der Waals surface area contributed by atoms with Gasteiger partial charge in [0.2, 0.25) is 0 Å². The zero-order valence-corrected chi connectivity index (χ0v) is 7.63. The Morgan fingerprint density at radius 2 is 1.75 bits per heavy atom. The van der Waals surface area contributed by atoms with Crippen LogP contribution in [-0.4, -0.2) is 0 Å². The molecule has 0 radical (unpaired) electrons. The molecule has 0 aromatic rings. The van der Waals surface area contributed by atoms with Crippen LogP contribution in [0.4, 0.5) is 0 Å². The zero-order chi connectivity index (χ0) is 9.07. The van der Waals surface area contributed by atoms with Crippen molar-refractivity contribution in [2.45, 2.75) is 38.5 Å². The van der Waals surface area contributed by atoms with Gasteiger partial charge in [-0.1, -0.05) is 25.0 Å². The summed E-state index contributed by atoms with van der Waals surface area (Å²) < 4.78 is 0. The van der Waals surface area contributed by atoms with Gasteiger partial charge in [-0.3, -0.25) is 0 Å². The van der Waals surface area contributed by atoms with Crippen LogP contribution in [0.3, 0.4) is 0 Å². The van der Waals surface area contributed by atoms with Gasteiger partial charge in [-0.15, -0.1) is 6.58 Å². The highest BCUT2D eigenvalue weighted by Crippen LogP contribution is 2.05. The van der Waals surface area contributed by atoms with Gasteiger partial charge in [0.05, 0.1) is 6.07 Å². The van der Waals surface area contributed by atoms with E-state index in [-0.39, 0.29) is 0 Å². The summed E-state index contributed by atoms with van der Waals surface area (Å²) in [4.78, 5) is 0. The van der Waals surface area contributed by atoms with Crippen molar-refractivity contribution in [2.24, 2.45) is 0 Å².